The van der Waals surface area contributed by atoms with Crippen molar-refractivity contribution in [1.29, 1.82) is 0 Å². The fourth-order valence-corrected chi connectivity index (χ4v) is 2.54. The average Bonchev–Trinajstić information content (AvgIpc) is 2.67. The molecule has 0 aliphatic heterocycles. The summed E-state index contributed by atoms with van der Waals surface area (Å²) in [7, 11) is 0. The quantitative estimate of drug-likeness (QED) is 0.870. The number of carbonyl (C=O) groups is 1. The molecule has 1 N–H and O–H groups in total. The highest BCUT2D eigenvalue weighted by atomic mass is 32.1. The van der Waals surface area contributed by atoms with Crippen LogP contribution < -0.4 is 0 Å². The van der Waals surface area contributed by atoms with E-state index in [9.17, 15) is 4.79 Å². The lowest BCUT2D eigenvalue weighted by atomic mass is 10.3. The second kappa shape index (κ2) is 3.66. The van der Waals surface area contributed by atoms with E-state index in [1.807, 2.05) is 17.5 Å². The van der Waals surface area contributed by atoms with E-state index >= 15 is 0 Å². The zero-order valence-electron chi connectivity index (χ0n) is 8.65. The second-order valence-corrected chi connectivity index (χ2v) is 4.43. The van der Waals surface area contributed by atoms with E-state index < -0.39 is 5.97 Å². The highest BCUT2D eigenvalue weighted by Gasteiger charge is 2.15. The SMILES string of the molecule is CCCc1cn2c(C)c(C(=O)O)sc2n1. The Morgan fingerprint density at radius 2 is 2.40 bits per heavy atom. The Labute approximate surface area is 91.2 Å². The van der Waals surface area contributed by atoms with Gasteiger partial charge in [-0.3, -0.25) is 4.40 Å². The van der Waals surface area contributed by atoms with E-state index in [4.69, 9.17) is 5.11 Å². The highest BCUT2D eigenvalue weighted by molar-refractivity contribution is 7.18. The van der Waals surface area contributed by atoms with Crippen LogP contribution in [-0.2, 0) is 6.42 Å². The number of aromatic nitrogens is 2. The Kier molecular flexibility index (Phi) is 2.48. The Morgan fingerprint density at radius 3 is 2.93 bits per heavy atom. The molecule has 2 heterocycles. The van der Waals surface area contributed by atoms with Crippen LogP contribution in [0.25, 0.3) is 4.96 Å². The number of imidazole rings is 1. The summed E-state index contributed by atoms with van der Waals surface area (Å²) in [6.45, 7) is 3.91. The zero-order chi connectivity index (χ0) is 11.0. The Balaban J connectivity index is 2.52. The molecule has 0 aromatic carbocycles. The number of carboxylic acids is 1. The number of hydrogen-bond donors (Lipinski definition) is 1. The van der Waals surface area contributed by atoms with Gasteiger partial charge in [-0.25, -0.2) is 9.78 Å². The minimum atomic E-state index is -0.875. The molecule has 0 fully saturated rings. The van der Waals surface area contributed by atoms with Gasteiger partial charge in [-0.05, 0) is 13.3 Å². The van der Waals surface area contributed by atoms with Gasteiger partial charge >= 0.3 is 5.97 Å². The van der Waals surface area contributed by atoms with Gasteiger partial charge in [0.05, 0.1) is 5.69 Å². The number of rotatable bonds is 3. The number of nitrogens with zero attached hydrogens (tertiary/aromatic N) is 2. The van der Waals surface area contributed by atoms with Crippen molar-refractivity contribution in [3.63, 3.8) is 0 Å². The number of aryl methyl sites for hydroxylation is 2. The monoisotopic (exact) mass is 224 g/mol. The summed E-state index contributed by atoms with van der Waals surface area (Å²) in [5.74, 6) is -0.875. The molecule has 0 aliphatic carbocycles. The lowest BCUT2D eigenvalue weighted by Gasteiger charge is -1.92. The van der Waals surface area contributed by atoms with Crippen LogP contribution >= 0.6 is 11.3 Å². The molecule has 0 atom stereocenters. The van der Waals surface area contributed by atoms with Crippen LogP contribution in [0, 0.1) is 6.92 Å². The molecule has 4 nitrogen and oxygen atoms in total. The Morgan fingerprint density at radius 1 is 1.67 bits per heavy atom. The molecule has 15 heavy (non-hydrogen) atoms. The molecule has 0 amide bonds. The zero-order valence-corrected chi connectivity index (χ0v) is 9.47. The third kappa shape index (κ3) is 1.63. The first-order valence-electron chi connectivity index (χ1n) is 4.84. The maximum atomic E-state index is 10.9. The van der Waals surface area contributed by atoms with Crippen LogP contribution in [0.4, 0.5) is 0 Å². The molecule has 2 rings (SSSR count). The van der Waals surface area contributed by atoms with Gasteiger partial charge in [-0.15, -0.1) is 0 Å². The van der Waals surface area contributed by atoms with Gasteiger partial charge in [0.1, 0.15) is 4.88 Å². The van der Waals surface area contributed by atoms with Crippen LogP contribution in [0.3, 0.4) is 0 Å². The van der Waals surface area contributed by atoms with Gasteiger partial charge in [0, 0.05) is 11.9 Å². The van der Waals surface area contributed by atoms with Crippen molar-refractivity contribution in [1.82, 2.24) is 9.38 Å². The first-order chi connectivity index (χ1) is 7.13. The van der Waals surface area contributed by atoms with Gasteiger partial charge in [-0.1, -0.05) is 24.7 Å². The van der Waals surface area contributed by atoms with Crippen molar-refractivity contribution < 1.29 is 9.90 Å². The lowest BCUT2D eigenvalue weighted by Crippen LogP contribution is -1.96. The van der Waals surface area contributed by atoms with E-state index in [-0.39, 0.29) is 0 Å². The highest BCUT2D eigenvalue weighted by Crippen LogP contribution is 2.23. The number of carboxylic acid groups (broad SMARTS) is 1. The lowest BCUT2D eigenvalue weighted by molar-refractivity contribution is 0.0701. The fraction of sp³-hybridized carbons (Fsp3) is 0.400. The molecule has 0 bridgehead atoms. The van der Waals surface area contributed by atoms with E-state index in [1.165, 1.54) is 11.3 Å². The van der Waals surface area contributed by atoms with Gasteiger partial charge in [0.25, 0.3) is 0 Å². The minimum Gasteiger partial charge on any atom is -0.477 e. The number of thiazole rings is 1. The molecule has 0 radical (unpaired) electrons. The van der Waals surface area contributed by atoms with E-state index in [2.05, 4.69) is 11.9 Å². The Bertz CT molecular complexity index is 513. The number of fused-ring (bicyclic) bond motifs is 1. The molecular weight excluding hydrogens is 212 g/mol. The predicted octanol–water partition coefficient (Wildman–Crippen LogP) is 2.35. The maximum Gasteiger partial charge on any atom is 0.347 e. The van der Waals surface area contributed by atoms with Gasteiger partial charge < -0.3 is 5.11 Å². The third-order valence-electron chi connectivity index (χ3n) is 2.31. The molecular formula is C10H12N2O2S. The topological polar surface area (TPSA) is 54.6 Å². The Hall–Kier alpha value is -1.36. The van der Waals surface area contributed by atoms with Crippen LogP contribution in [0.5, 0.6) is 0 Å². The van der Waals surface area contributed by atoms with Crippen molar-refractivity contribution in [2.45, 2.75) is 26.7 Å². The second-order valence-electron chi connectivity index (χ2n) is 3.46. The van der Waals surface area contributed by atoms with Gasteiger partial charge in [0.15, 0.2) is 4.96 Å². The fourth-order valence-electron chi connectivity index (χ4n) is 1.57. The summed E-state index contributed by atoms with van der Waals surface area (Å²) in [6, 6.07) is 0. The van der Waals surface area contributed by atoms with Crippen molar-refractivity contribution in [3.05, 3.63) is 22.5 Å². The predicted molar refractivity (Wildman–Crippen MR) is 58.8 cm³/mol. The molecule has 0 saturated carbocycles. The maximum absolute atomic E-state index is 10.9. The van der Waals surface area contributed by atoms with Crippen LogP contribution in [0.15, 0.2) is 6.20 Å². The van der Waals surface area contributed by atoms with Gasteiger partial charge in [0.2, 0.25) is 0 Å². The standard InChI is InChI=1S/C10H12N2O2S/c1-3-4-7-5-12-6(2)8(9(13)14)15-10(12)11-7/h5H,3-4H2,1-2H3,(H,13,14). The van der Waals surface area contributed by atoms with Gasteiger partial charge in [-0.2, -0.15) is 0 Å². The summed E-state index contributed by atoms with van der Waals surface area (Å²) in [5, 5.41) is 8.93. The average molecular weight is 224 g/mol. The normalized spacial score (nSPS) is 11.1. The van der Waals surface area contributed by atoms with Crippen LogP contribution in [0.1, 0.15) is 34.4 Å². The molecule has 0 spiro atoms. The molecule has 0 aliphatic rings. The molecule has 2 aromatic heterocycles. The van der Waals surface area contributed by atoms with E-state index in [1.54, 1.807) is 0 Å². The molecule has 80 valence electrons. The smallest absolute Gasteiger partial charge is 0.347 e. The molecule has 5 heteroatoms. The van der Waals surface area contributed by atoms with Crippen molar-refractivity contribution >= 4 is 22.3 Å². The first kappa shape index (κ1) is 10.2. The molecule has 2 aromatic rings. The first-order valence-corrected chi connectivity index (χ1v) is 5.65. The minimum absolute atomic E-state index is 0.376. The molecule has 0 saturated heterocycles. The van der Waals surface area contributed by atoms with Crippen molar-refractivity contribution in [2.75, 3.05) is 0 Å². The molecule has 0 unspecified atom stereocenters. The van der Waals surface area contributed by atoms with Crippen LogP contribution in [-0.4, -0.2) is 20.5 Å². The van der Waals surface area contributed by atoms with Crippen LogP contribution in [0.2, 0.25) is 0 Å². The summed E-state index contributed by atoms with van der Waals surface area (Å²) >= 11 is 1.23. The summed E-state index contributed by atoms with van der Waals surface area (Å²) in [6.07, 6.45) is 3.92. The number of aromatic carboxylic acids is 1. The number of hydrogen-bond acceptors (Lipinski definition) is 3. The van der Waals surface area contributed by atoms with Crippen molar-refractivity contribution in [3.8, 4) is 0 Å². The summed E-state index contributed by atoms with van der Waals surface area (Å²) in [5.41, 5.74) is 1.79. The summed E-state index contributed by atoms with van der Waals surface area (Å²) in [4.78, 5) is 16.4. The van der Waals surface area contributed by atoms with E-state index in [0.717, 1.165) is 29.2 Å². The third-order valence-corrected chi connectivity index (χ3v) is 3.45. The van der Waals surface area contributed by atoms with Crippen molar-refractivity contribution in [2.24, 2.45) is 0 Å². The van der Waals surface area contributed by atoms with E-state index in [0.29, 0.717) is 4.88 Å². The summed E-state index contributed by atoms with van der Waals surface area (Å²) < 4.78 is 1.86. The largest absolute Gasteiger partial charge is 0.477 e.